The van der Waals surface area contributed by atoms with E-state index in [4.69, 9.17) is 9.47 Å². The quantitative estimate of drug-likeness (QED) is 0.393. The predicted octanol–water partition coefficient (Wildman–Crippen LogP) is 4.40. The van der Waals surface area contributed by atoms with Crippen LogP contribution in [0.25, 0.3) is 11.4 Å². The molecule has 0 saturated carbocycles. The van der Waals surface area contributed by atoms with Crippen LogP contribution in [0.3, 0.4) is 0 Å². The van der Waals surface area contributed by atoms with Gasteiger partial charge in [0.15, 0.2) is 0 Å². The Morgan fingerprint density at radius 1 is 0.793 bits per heavy atom. The van der Waals surface area contributed by atoms with E-state index in [-0.39, 0.29) is 20.4 Å². The number of aromatic nitrogens is 5. The van der Waals surface area contributed by atoms with Crippen molar-refractivity contribution in [3.05, 3.63) is 71.5 Å². The van der Waals surface area contributed by atoms with E-state index in [1.807, 2.05) is 45.0 Å². The molecule has 8 heteroatoms. The number of aryl methyl sites for hydroxylation is 3. The maximum absolute atomic E-state index is 5.94. The standard InChI is InChI=1S/C21H18N5O2.Pd/c1-13-11-14(2)21(24-20(13)16-12-15(3)25-26-16)28-19-9-6-8-18(23-19)27-17-7-4-5-10-22-17;/h4-12H,1-3H3;/q-1;. The Bertz CT molecular complexity index is 1120. The monoisotopic (exact) mass is 478 g/mol. The van der Waals surface area contributed by atoms with Crippen molar-refractivity contribution in [2.75, 3.05) is 0 Å². The van der Waals surface area contributed by atoms with E-state index in [9.17, 15) is 0 Å². The van der Waals surface area contributed by atoms with Crippen molar-refractivity contribution in [1.29, 1.82) is 0 Å². The molecule has 0 N–H and O–H groups in total. The molecule has 0 aliphatic heterocycles. The molecule has 150 valence electrons. The van der Waals surface area contributed by atoms with Gasteiger partial charge in [0.25, 0.3) is 0 Å². The van der Waals surface area contributed by atoms with Crippen LogP contribution in [0.2, 0.25) is 0 Å². The molecule has 0 radical (unpaired) electrons. The van der Waals surface area contributed by atoms with Gasteiger partial charge in [-0.25, -0.2) is 9.97 Å². The molecule has 29 heavy (non-hydrogen) atoms. The summed E-state index contributed by atoms with van der Waals surface area (Å²) < 4.78 is 11.6. The van der Waals surface area contributed by atoms with Crippen LogP contribution in [0, 0.1) is 20.8 Å². The van der Waals surface area contributed by atoms with Gasteiger partial charge in [-0.1, -0.05) is 23.9 Å². The van der Waals surface area contributed by atoms with Crippen LogP contribution in [0.15, 0.2) is 54.7 Å². The Kier molecular flexibility index (Phi) is 6.37. The van der Waals surface area contributed by atoms with Crippen molar-refractivity contribution in [3.63, 3.8) is 0 Å². The number of ether oxygens (including phenoxy) is 2. The van der Waals surface area contributed by atoms with E-state index in [0.717, 1.165) is 28.2 Å². The zero-order valence-electron chi connectivity index (χ0n) is 16.1. The normalized spacial score (nSPS) is 10.3. The number of hydrogen-bond acceptors (Lipinski definition) is 6. The van der Waals surface area contributed by atoms with Gasteiger partial charge in [-0.3, -0.25) is 0 Å². The minimum absolute atomic E-state index is 0. The van der Waals surface area contributed by atoms with Crippen LogP contribution in [0.4, 0.5) is 0 Å². The number of pyridine rings is 3. The van der Waals surface area contributed by atoms with Crippen LogP contribution < -0.4 is 14.6 Å². The second kappa shape index (κ2) is 8.95. The molecule has 0 aromatic carbocycles. The van der Waals surface area contributed by atoms with Crippen LogP contribution in [0.1, 0.15) is 16.8 Å². The molecule has 0 fully saturated rings. The minimum atomic E-state index is 0. The molecule has 0 aliphatic carbocycles. The zero-order chi connectivity index (χ0) is 19.5. The first-order valence-electron chi connectivity index (χ1n) is 8.78. The maximum Gasteiger partial charge on any atom is 0.224 e. The maximum atomic E-state index is 5.94. The molecule has 4 rings (SSSR count). The predicted molar refractivity (Wildman–Crippen MR) is 104 cm³/mol. The fourth-order valence-electron chi connectivity index (χ4n) is 2.72. The smallest absolute Gasteiger partial charge is 0.224 e. The van der Waals surface area contributed by atoms with Crippen LogP contribution in [-0.2, 0) is 20.4 Å². The Morgan fingerprint density at radius 3 is 2.24 bits per heavy atom. The van der Waals surface area contributed by atoms with Gasteiger partial charge in [-0.05, 0) is 38.5 Å². The fraction of sp³-hybridized carbons (Fsp3) is 0.143. The van der Waals surface area contributed by atoms with Gasteiger partial charge in [0, 0.05) is 56.1 Å². The first-order chi connectivity index (χ1) is 13.6. The topological polar surface area (TPSA) is 84.1 Å². The molecule has 0 spiro atoms. The molecule has 4 aromatic heterocycles. The summed E-state index contributed by atoms with van der Waals surface area (Å²) in [6.07, 6.45) is 1.66. The first-order valence-corrected chi connectivity index (χ1v) is 8.78. The Balaban J connectivity index is 0.00000240. The summed E-state index contributed by atoms with van der Waals surface area (Å²) >= 11 is 0. The van der Waals surface area contributed by atoms with Gasteiger partial charge in [-0.2, -0.15) is 4.98 Å². The third kappa shape index (κ3) is 4.86. The van der Waals surface area contributed by atoms with E-state index in [1.165, 1.54) is 0 Å². The largest absolute Gasteiger partial charge is 0.573 e. The van der Waals surface area contributed by atoms with Gasteiger partial charge < -0.3 is 19.7 Å². The second-order valence-corrected chi connectivity index (χ2v) is 6.33. The Labute approximate surface area is 182 Å². The minimum Gasteiger partial charge on any atom is -0.573 e. The number of rotatable bonds is 5. The van der Waals surface area contributed by atoms with Crippen molar-refractivity contribution in [2.24, 2.45) is 0 Å². The van der Waals surface area contributed by atoms with Crippen molar-refractivity contribution < 1.29 is 29.9 Å². The van der Waals surface area contributed by atoms with Crippen molar-refractivity contribution in [3.8, 4) is 34.9 Å². The third-order valence-electron chi connectivity index (χ3n) is 4.01. The average Bonchev–Trinajstić information content (AvgIpc) is 3.11. The summed E-state index contributed by atoms with van der Waals surface area (Å²) in [6.45, 7) is 5.83. The molecular weight excluding hydrogens is 461 g/mol. The van der Waals surface area contributed by atoms with Gasteiger partial charge in [-0.15, -0.1) is 0 Å². The van der Waals surface area contributed by atoms with Gasteiger partial charge in [0.05, 0.1) is 5.69 Å². The summed E-state index contributed by atoms with van der Waals surface area (Å²) in [5.74, 6) is 1.69. The van der Waals surface area contributed by atoms with Gasteiger partial charge in [0.1, 0.15) is 0 Å². The molecule has 0 amide bonds. The van der Waals surface area contributed by atoms with Crippen molar-refractivity contribution >= 4 is 0 Å². The molecule has 0 atom stereocenters. The average molecular weight is 479 g/mol. The molecule has 0 aliphatic rings. The van der Waals surface area contributed by atoms with Gasteiger partial charge in [0.2, 0.25) is 23.5 Å². The molecule has 7 nitrogen and oxygen atoms in total. The SMILES string of the molecule is Cc1cc(-c2nc(Oc3cccc(Oc4ccccn4)n3)c(C)cc2C)[n-]n1.[Pd]. The Morgan fingerprint density at radius 2 is 1.55 bits per heavy atom. The summed E-state index contributed by atoms with van der Waals surface area (Å²) in [5, 5.41) is 8.23. The molecule has 0 bridgehead atoms. The second-order valence-electron chi connectivity index (χ2n) is 6.33. The summed E-state index contributed by atoms with van der Waals surface area (Å²) in [5.41, 5.74) is 4.21. The van der Waals surface area contributed by atoms with E-state index in [2.05, 4.69) is 25.1 Å². The number of hydrogen-bond donors (Lipinski definition) is 0. The molecule has 4 aromatic rings. The summed E-state index contributed by atoms with van der Waals surface area (Å²) in [6, 6.07) is 14.6. The van der Waals surface area contributed by atoms with Crippen molar-refractivity contribution in [2.45, 2.75) is 20.8 Å². The van der Waals surface area contributed by atoms with E-state index in [0.29, 0.717) is 23.5 Å². The van der Waals surface area contributed by atoms with Crippen LogP contribution >= 0.6 is 0 Å². The Hall–Kier alpha value is -3.08. The van der Waals surface area contributed by atoms with Crippen LogP contribution in [0.5, 0.6) is 23.5 Å². The molecule has 0 unspecified atom stereocenters. The molecule has 4 heterocycles. The number of nitrogens with zero attached hydrogens (tertiary/aromatic N) is 5. The third-order valence-corrected chi connectivity index (χ3v) is 4.01. The van der Waals surface area contributed by atoms with E-state index >= 15 is 0 Å². The zero-order valence-corrected chi connectivity index (χ0v) is 17.6. The van der Waals surface area contributed by atoms with Crippen molar-refractivity contribution in [1.82, 2.24) is 25.1 Å². The first kappa shape index (κ1) is 20.7. The van der Waals surface area contributed by atoms with E-state index in [1.54, 1.807) is 30.5 Å². The van der Waals surface area contributed by atoms with E-state index < -0.39 is 0 Å². The fourth-order valence-corrected chi connectivity index (χ4v) is 2.72. The summed E-state index contributed by atoms with van der Waals surface area (Å²) in [7, 11) is 0. The van der Waals surface area contributed by atoms with Gasteiger partial charge >= 0.3 is 0 Å². The molecular formula is C21H18N5O2Pd-. The molecule has 0 saturated heterocycles. The summed E-state index contributed by atoms with van der Waals surface area (Å²) in [4.78, 5) is 13.2. The van der Waals surface area contributed by atoms with Crippen LogP contribution in [-0.4, -0.2) is 20.1 Å².